The van der Waals surface area contributed by atoms with Gasteiger partial charge in [-0.15, -0.1) is 0 Å². The summed E-state index contributed by atoms with van der Waals surface area (Å²) < 4.78 is 0. The Morgan fingerprint density at radius 1 is 1.40 bits per heavy atom. The molecule has 1 heteroatoms. The first-order valence-corrected chi connectivity index (χ1v) is 3.69. The zero-order valence-electron chi connectivity index (χ0n) is 7.22. The number of hydrogen-bond donors (Lipinski definition) is 0. The van der Waals surface area contributed by atoms with Crippen molar-refractivity contribution in [1.29, 1.82) is 0 Å². The molecule has 2 radical (unpaired) electrons. The van der Waals surface area contributed by atoms with Gasteiger partial charge in [-0.3, -0.25) is 0 Å². The lowest BCUT2D eigenvalue weighted by atomic mass is 10.1. The smallest absolute Gasteiger partial charge is 0.0272 e. The highest BCUT2D eigenvalue weighted by molar-refractivity contribution is 4.84. The van der Waals surface area contributed by atoms with E-state index in [2.05, 4.69) is 33.0 Å². The van der Waals surface area contributed by atoms with Crippen molar-refractivity contribution in [1.82, 2.24) is 5.32 Å². The van der Waals surface area contributed by atoms with Gasteiger partial charge in [0.2, 0.25) is 0 Å². The molecule has 0 bridgehead atoms. The molecule has 0 rings (SSSR count). The molecule has 0 atom stereocenters. The van der Waals surface area contributed by atoms with Gasteiger partial charge in [0.25, 0.3) is 0 Å². The van der Waals surface area contributed by atoms with Crippen LogP contribution in [0.3, 0.4) is 0 Å². The van der Waals surface area contributed by atoms with E-state index < -0.39 is 0 Å². The summed E-state index contributed by atoms with van der Waals surface area (Å²) in [4.78, 5) is 0. The standard InChI is InChI=1S/C9H17N/c1-5-6-7-8-10-9(2,3)4/h5-6H,1,7-8H2,2-4H3. The summed E-state index contributed by atoms with van der Waals surface area (Å²) in [5, 5.41) is 4.42. The van der Waals surface area contributed by atoms with E-state index in [4.69, 9.17) is 0 Å². The van der Waals surface area contributed by atoms with Crippen molar-refractivity contribution in [2.75, 3.05) is 6.54 Å². The molecule has 0 unspecified atom stereocenters. The molecule has 0 amide bonds. The quantitative estimate of drug-likeness (QED) is 0.532. The molecule has 0 heterocycles. The minimum absolute atomic E-state index is 0.120. The SMILES string of the molecule is [CH2]C=CCC[N]C(C)(C)C. The first-order valence-electron chi connectivity index (χ1n) is 3.69. The Morgan fingerprint density at radius 3 is 2.40 bits per heavy atom. The Balaban J connectivity index is 3.20. The molecule has 0 aliphatic heterocycles. The zero-order chi connectivity index (χ0) is 8.04. The summed E-state index contributed by atoms with van der Waals surface area (Å²) >= 11 is 0. The maximum Gasteiger partial charge on any atom is 0.0272 e. The van der Waals surface area contributed by atoms with Crippen LogP contribution in [0.25, 0.3) is 0 Å². The molecule has 1 nitrogen and oxygen atoms in total. The summed E-state index contributed by atoms with van der Waals surface area (Å²) in [7, 11) is 0. The number of allylic oxidation sites excluding steroid dienone is 1. The van der Waals surface area contributed by atoms with E-state index in [9.17, 15) is 0 Å². The monoisotopic (exact) mass is 139 g/mol. The molecule has 58 valence electrons. The first-order chi connectivity index (χ1) is 4.56. The molecular weight excluding hydrogens is 122 g/mol. The molecule has 0 aliphatic rings. The van der Waals surface area contributed by atoms with Crippen molar-refractivity contribution in [3.63, 3.8) is 0 Å². The second-order valence-electron chi connectivity index (χ2n) is 3.31. The highest BCUT2D eigenvalue weighted by atomic mass is 14.9. The van der Waals surface area contributed by atoms with Crippen LogP contribution in [0.15, 0.2) is 12.2 Å². The molecule has 0 aliphatic carbocycles. The van der Waals surface area contributed by atoms with E-state index in [1.807, 2.05) is 12.2 Å². The van der Waals surface area contributed by atoms with Gasteiger partial charge in [-0.2, -0.15) is 0 Å². The van der Waals surface area contributed by atoms with Crippen molar-refractivity contribution < 1.29 is 0 Å². The second kappa shape index (κ2) is 4.51. The molecule has 0 fully saturated rings. The van der Waals surface area contributed by atoms with Crippen LogP contribution in [0.2, 0.25) is 0 Å². The van der Waals surface area contributed by atoms with Crippen molar-refractivity contribution in [2.45, 2.75) is 32.7 Å². The summed E-state index contributed by atoms with van der Waals surface area (Å²) in [5.41, 5.74) is 0.120. The maximum atomic E-state index is 4.42. The lowest BCUT2D eigenvalue weighted by molar-refractivity contribution is 0.421. The van der Waals surface area contributed by atoms with E-state index in [1.165, 1.54) is 0 Å². The van der Waals surface area contributed by atoms with Crippen molar-refractivity contribution in [2.24, 2.45) is 0 Å². The van der Waals surface area contributed by atoms with E-state index in [-0.39, 0.29) is 5.54 Å². The topological polar surface area (TPSA) is 14.1 Å². The minimum atomic E-state index is 0.120. The number of hydrogen-bond acceptors (Lipinski definition) is 0. The zero-order valence-corrected chi connectivity index (χ0v) is 7.22. The Bertz CT molecular complexity index is 97.8. The van der Waals surface area contributed by atoms with Crippen LogP contribution >= 0.6 is 0 Å². The molecule has 0 aromatic rings. The van der Waals surface area contributed by atoms with Gasteiger partial charge < -0.3 is 0 Å². The van der Waals surface area contributed by atoms with Crippen molar-refractivity contribution in [3.8, 4) is 0 Å². The average molecular weight is 139 g/mol. The normalized spacial score (nSPS) is 12.8. The van der Waals surface area contributed by atoms with Crippen LogP contribution in [0.4, 0.5) is 0 Å². The third kappa shape index (κ3) is 7.70. The summed E-state index contributed by atoms with van der Waals surface area (Å²) in [6.45, 7) is 10.8. The Morgan fingerprint density at radius 2 is 2.00 bits per heavy atom. The lowest BCUT2D eigenvalue weighted by Crippen LogP contribution is -2.29. The molecular formula is C9H17N. The summed E-state index contributed by atoms with van der Waals surface area (Å²) in [6.07, 6.45) is 4.87. The van der Waals surface area contributed by atoms with Gasteiger partial charge in [-0.05, 0) is 34.1 Å². The Hall–Kier alpha value is -0.300. The molecule has 0 spiro atoms. The molecule has 0 saturated heterocycles. The Labute approximate surface area is 64.5 Å². The fraction of sp³-hybridized carbons (Fsp3) is 0.667. The van der Waals surface area contributed by atoms with E-state index in [1.54, 1.807) is 0 Å². The second-order valence-corrected chi connectivity index (χ2v) is 3.31. The Kier molecular flexibility index (Phi) is 4.37. The van der Waals surface area contributed by atoms with Crippen LogP contribution in [0, 0.1) is 6.92 Å². The molecule has 0 aromatic heterocycles. The third-order valence-corrected chi connectivity index (χ3v) is 1.05. The van der Waals surface area contributed by atoms with Gasteiger partial charge in [-0.25, -0.2) is 5.32 Å². The van der Waals surface area contributed by atoms with Crippen LogP contribution in [-0.4, -0.2) is 12.1 Å². The third-order valence-electron chi connectivity index (χ3n) is 1.05. The summed E-state index contributed by atoms with van der Waals surface area (Å²) in [6, 6.07) is 0. The predicted molar refractivity (Wildman–Crippen MR) is 45.9 cm³/mol. The molecule has 10 heavy (non-hydrogen) atoms. The first kappa shape index (κ1) is 9.70. The van der Waals surface area contributed by atoms with Crippen LogP contribution in [0.1, 0.15) is 27.2 Å². The molecule has 0 N–H and O–H groups in total. The summed E-state index contributed by atoms with van der Waals surface area (Å²) in [5.74, 6) is 0. The van der Waals surface area contributed by atoms with E-state index in [0.717, 1.165) is 13.0 Å². The van der Waals surface area contributed by atoms with Crippen molar-refractivity contribution >= 4 is 0 Å². The number of rotatable bonds is 3. The largest absolute Gasteiger partial charge is 0.236 e. The van der Waals surface area contributed by atoms with Crippen molar-refractivity contribution in [3.05, 3.63) is 19.1 Å². The predicted octanol–water partition coefficient (Wildman–Crippen LogP) is 2.17. The van der Waals surface area contributed by atoms with E-state index in [0.29, 0.717) is 0 Å². The average Bonchev–Trinajstić information content (AvgIpc) is 1.78. The fourth-order valence-corrected chi connectivity index (χ4v) is 0.592. The van der Waals surface area contributed by atoms with E-state index >= 15 is 0 Å². The van der Waals surface area contributed by atoms with Gasteiger partial charge >= 0.3 is 0 Å². The lowest BCUT2D eigenvalue weighted by Gasteiger charge is -2.16. The van der Waals surface area contributed by atoms with Gasteiger partial charge in [0.15, 0.2) is 0 Å². The van der Waals surface area contributed by atoms with Gasteiger partial charge in [0, 0.05) is 12.1 Å². The maximum absolute atomic E-state index is 4.42. The molecule has 0 saturated carbocycles. The van der Waals surface area contributed by atoms with Crippen LogP contribution in [0.5, 0.6) is 0 Å². The highest BCUT2D eigenvalue weighted by Crippen LogP contribution is 2.00. The van der Waals surface area contributed by atoms with Gasteiger partial charge in [-0.1, -0.05) is 12.2 Å². The highest BCUT2D eigenvalue weighted by Gasteiger charge is 2.07. The van der Waals surface area contributed by atoms with Gasteiger partial charge in [0.05, 0.1) is 0 Å². The fourth-order valence-electron chi connectivity index (χ4n) is 0.592. The van der Waals surface area contributed by atoms with Gasteiger partial charge in [0.1, 0.15) is 0 Å². The van der Waals surface area contributed by atoms with Crippen LogP contribution in [-0.2, 0) is 0 Å². The molecule has 0 aromatic carbocycles. The van der Waals surface area contributed by atoms with Crippen LogP contribution < -0.4 is 5.32 Å². The number of nitrogens with zero attached hydrogens (tertiary/aromatic N) is 1. The minimum Gasteiger partial charge on any atom is -0.236 e.